The molecule has 3 heteroatoms. The molecule has 1 saturated carbocycles. The molecule has 1 aliphatic carbocycles. The molecule has 0 bridgehead atoms. The van der Waals surface area contributed by atoms with Gasteiger partial charge in [-0.25, -0.2) is 4.98 Å². The Morgan fingerprint density at radius 1 is 1.67 bits per heavy atom. The third-order valence-corrected chi connectivity index (χ3v) is 3.19. The number of thiazole rings is 1. The van der Waals surface area contributed by atoms with E-state index < -0.39 is 0 Å². The average molecular weight is 178 g/mol. The van der Waals surface area contributed by atoms with E-state index in [2.05, 4.69) is 11.1 Å². The first kappa shape index (κ1) is 7.75. The molecule has 0 aliphatic heterocycles. The Labute approximate surface area is 75.9 Å². The van der Waals surface area contributed by atoms with Gasteiger partial charge in [0.25, 0.3) is 0 Å². The Bertz CT molecular complexity index is 293. The van der Waals surface area contributed by atoms with E-state index in [1.54, 1.807) is 11.3 Å². The van der Waals surface area contributed by atoms with Gasteiger partial charge in [0.2, 0.25) is 0 Å². The van der Waals surface area contributed by atoms with Crippen LogP contribution in [0.15, 0.2) is 10.9 Å². The first-order chi connectivity index (χ1) is 5.85. The van der Waals surface area contributed by atoms with E-state index in [4.69, 9.17) is 5.26 Å². The molecule has 62 valence electrons. The lowest BCUT2D eigenvalue weighted by atomic mass is 9.67. The van der Waals surface area contributed by atoms with Crippen LogP contribution in [-0.2, 0) is 6.42 Å². The SMILES string of the molecule is N#CC1(Cc2cscn2)CCC1. The highest BCUT2D eigenvalue weighted by Gasteiger charge is 2.37. The summed E-state index contributed by atoms with van der Waals surface area (Å²) in [5.41, 5.74) is 2.86. The van der Waals surface area contributed by atoms with Crippen molar-refractivity contribution in [1.29, 1.82) is 5.26 Å². The van der Waals surface area contributed by atoms with E-state index in [0.717, 1.165) is 25.0 Å². The molecule has 0 radical (unpaired) electrons. The molecular weight excluding hydrogens is 168 g/mol. The van der Waals surface area contributed by atoms with E-state index in [1.807, 2.05) is 10.9 Å². The molecule has 1 aromatic rings. The second kappa shape index (κ2) is 2.87. The fourth-order valence-corrected chi connectivity index (χ4v) is 2.16. The molecule has 0 unspecified atom stereocenters. The summed E-state index contributed by atoms with van der Waals surface area (Å²) >= 11 is 1.60. The number of hydrogen-bond acceptors (Lipinski definition) is 3. The van der Waals surface area contributed by atoms with E-state index >= 15 is 0 Å². The van der Waals surface area contributed by atoms with Crippen molar-refractivity contribution < 1.29 is 0 Å². The predicted octanol–water partition coefficient (Wildman–Crippen LogP) is 2.38. The molecule has 0 N–H and O–H groups in total. The molecular formula is C9H10N2S. The van der Waals surface area contributed by atoms with E-state index in [9.17, 15) is 0 Å². The summed E-state index contributed by atoms with van der Waals surface area (Å²) in [5.74, 6) is 0. The lowest BCUT2D eigenvalue weighted by Gasteiger charge is -2.34. The van der Waals surface area contributed by atoms with Gasteiger partial charge < -0.3 is 0 Å². The number of aromatic nitrogens is 1. The quantitative estimate of drug-likeness (QED) is 0.697. The fraction of sp³-hybridized carbons (Fsp3) is 0.556. The van der Waals surface area contributed by atoms with Gasteiger partial charge in [-0.05, 0) is 12.8 Å². The lowest BCUT2D eigenvalue weighted by molar-refractivity contribution is 0.212. The molecule has 1 aromatic heterocycles. The van der Waals surface area contributed by atoms with Crippen molar-refractivity contribution in [3.8, 4) is 6.07 Å². The van der Waals surface area contributed by atoms with Crippen LogP contribution in [0.1, 0.15) is 25.0 Å². The number of nitrogens with zero attached hydrogens (tertiary/aromatic N) is 2. The smallest absolute Gasteiger partial charge is 0.0794 e. The highest BCUT2D eigenvalue weighted by atomic mass is 32.1. The van der Waals surface area contributed by atoms with Crippen LogP contribution < -0.4 is 0 Å². The third kappa shape index (κ3) is 1.23. The number of hydrogen-bond donors (Lipinski definition) is 0. The second-order valence-electron chi connectivity index (χ2n) is 3.40. The lowest BCUT2D eigenvalue weighted by Crippen LogP contribution is -2.29. The van der Waals surface area contributed by atoms with Crippen LogP contribution in [0, 0.1) is 16.7 Å². The van der Waals surface area contributed by atoms with Gasteiger partial charge in [0.1, 0.15) is 0 Å². The Morgan fingerprint density at radius 2 is 2.50 bits per heavy atom. The van der Waals surface area contributed by atoms with E-state index in [-0.39, 0.29) is 5.41 Å². The molecule has 0 atom stereocenters. The van der Waals surface area contributed by atoms with Crippen molar-refractivity contribution in [2.75, 3.05) is 0 Å². The maximum absolute atomic E-state index is 8.96. The molecule has 2 rings (SSSR count). The highest BCUT2D eigenvalue weighted by Crippen LogP contribution is 2.42. The van der Waals surface area contributed by atoms with Crippen molar-refractivity contribution in [3.05, 3.63) is 16.6 Å². The normalized spacial score (nSPS) is 19.6. The summed E-state index contributed by atoms with van der Waals surface area (Å²) in [6.45, 7) is 0. The molecule has 0 saturated heterocycles. The van der Waals surface area contributed by atoms with Gasteiger partial charge in [-0.15, -0.1) is 11.3 Å². The maximum Gasteiger partial charge on any atom is 0.0794 e. The minimum Gasteiger partial charge on any atom is -0.250 e. The van der Waals surface area contributed by atoms with Gasteiger partial charge in [-0.1, -0.05) is 6.42 Å². The number of rotatable bonds is 2. The summed E-state index contributed by atoms with van der Waals surface area (Å²) in [5, 5.41) is 11.0. The third-order valence-electron chi connectivity index (χ3n) is 2.55. The Balaban J connectivity index is 2.08. The van der Waals surface area contributed by atoms with Crippen LogP contribution in [0.4, 0.5) is 0 Å². The van der Waals surface area contributed by atoms with Gasteiger partial charge >= 0.3 is 0 Å². The maximum atomic E-state index is 8.96. The van der Waals surface area contributed by atoms with E-state index in [0.29, 0.717) is 0 Å². The zero-order chi connectivity index (χ0) is 8.44. The van der Waals surface area contributed by atoms with E-state index in [1.165, 1.54) is 6.42 Å². The summed E-state index contributed by atoms with van der Waals surface area (Å²) in [6, 6.07) is 2.42. The van der Waals surface area contributed by atoms with Crippen molar-refractivity contribution in [2.24, 2.45) is 5.41 Å². The number of nitriles is 1. The van der Waals surface area contributed by atoms with Gasteiger partial charge in [0.05, 0.1) is 22.7 Å². The van der Waals surface area contributed by atoms with Crippen molar-refractivity contribution in [3.63, 3.8) is 0 Å². The van der Waals surface area contributed by atoms with Crippen LogP contribution in [-0.4, -0.2) is 4.98 Å². The van der Waals surface area contributed by atoms with Gasteiger partial charge in [-0.2, -0.15) is 5.26 Å². The molecule has 0 spiro atoms. The molecule has 2 nitrogen and oxygen atoms in total. The van der Waals surface area contributed by atoms with Gasteiger partial charge in [-0.3, -0.25) is 0 Å². The summed E-state index contributed by atoms with van der Waals surface area (Å²) < 4.78 is 0. The summed E-state index contributed by atoms with van der Waals surface area (Å²) in [6.07, 6.45) is 4.17. The monoisotopic (exact) mass is 178 g/mol. The van der Waals surface area contributed by atoms with Crippen molar-refractivity contribution >= 4 is 11.3 Å². The van der Waals surface area contributed by atoms with Crippen LogP contribution in [0.5, 0.6) is 0 Å². The average Bonchev–Trinajstić information content (AvgIpc) is 2.49. The Morgan fingerprint density at radius 3 is 2.92 bits per heavy atom. The molecule has 1 aliphatic rings. The molecule has 1 fully saturated rings. The molecule has 0 aromatic carbocycles. The predicted molar refractivity (Wildman–Crippen MR) is 47.7 cm³/mol. The van der Waals surface area contributed by atoms with Crippen LogP contribution in [0.2, 0.25) is 0 Å². The fourth-order valence-electron chi connectivity index (χ4n) is 1.60. The largest absolute Gasteiger partial charge is 0.250 e. The molecule has 0 amide bonds. The van der Waals surface area contributed by atoms with Crippen LogP contribution in [0.3, 0.4) is 0 Å². The standard InChI is InChI=1S/C9H10N2S/c10-6-9(2-1-3-9)4-8-5-12-7-11-8/h5,7H,1-4H2. The van der Waals surface area contributed by atoms with Crippen LogP contribution in [0.25, 0.3) is 0 Å². The van der Waals surface area contributed by atoms with Gasteiger partial charge in [0.15, 0.2) is 0 Å². The summed E-state index contributed by atoms with van der Waals surface area (Å²) in [7, 11) is 0. The van der Waals surface area contributed by atoms with Crippen LogP contribution >= 0.6 is 11.3 Å². The minimum atomic E-state index is -0.0614. The second-order valence-corrected chi connectivity index (χ2v) is 4.12. The molecule has 12 heavy (non-hydrogen) atoms. The highest BCUT2D eigenvalue weighted by molar-refractivity contribution is 7.07. The summed E-state index contributed by atoms with van der Waals surface area (Å²) in [4.78, 5) is 4.20. The zero-order valence-electron chi connectivity index (χ0n) is 6.79. The first-order valence-electron chi connectivity index (χ1n) is 4.13. The van der Waals surface area contributed by atoms with Crippen molar-refractivity contribution in [1.82, 2.24) is 4.98 Å². The topological polar surface area (TPSA) is 36.7 Å². The Hall–Kier alpha value is -0.880. The minimum absolute atomic E-state index is 0.0614. The first-order valence-corrected chi connectivity index (χ1v) is 5.07. The zero-order valence-corrected chi connectivity index (χ0v) is 7.60. The van der Waals surface area contributed by atoms with Crippen molar-refractivity contribution in [2.45, 2.75) is 25.7 Å². The molecule has 1 heterocycles. The van der Waals surface area contributed by atoms with Gasteiger partial charge in [0, 0.05) is 11.8 Å². The Kier molecular flexibility index (Phi) is 1.86.